The van der Waals surface area contributed by atoms with Gasteiger partial charge in [0.05, 0.1) is 21.4 Å². The number of para-hydroxylation sites is 2. The van der Waals surface area contributed by atoms with Crippen molar-refractivity contribution in [2.24, 2.45) is 0 Å². The largest absolute Gasteiger partial charge is 0.454 e. The van der Waals surface area contributed by atoms with E-state index in [0.29, 0.717) is 17.5 Å². The van der Waals surface area contributed by atoms with Gasteiger partial charge < -0.3 is 8.98 Å². The van der Waals surface area contributed by atoms with E-state index in [0.717, 1.165) is 49.8 Å². The number of aromatic nitrogens is 4. The number of benzene rings is 7. The molecule has 0 saturated carbocycles. The molecule has 4 aromatic heterocycles. The first-order chi connectivity index (χ1) is 25.3. The van der Waals surface area contributed by atoms with Gasteiger partial charge in [0.15, 0.2) is 23.1 Å². The molecule has 0 fully saturated rings. The maximum absolute atomic E-state index is 6.88. The smallest absolute Gasteiger partial charge is 0.164 e. The highest BCUT2D eigenvalue weighted by molar-refractivity contribution is 7.26. The summed E-state index contributed by atoms with van der Waals surface area (Å²) in [4.78, 5) is 15.2. The molecule has 238 valence electrons. The fourth-order valence-corrected chi connectivity index (χ4v) is 8.83. The second-order valence-electron chi connectivity index (χ2n) is 12.8. The summed E-state index contributed by atoms with van der Waals surface area (Å²) in [7, 11) is 0. The number of rotatable bonds is 4. The van der Waals surface area contributed by atoms with E-state index in [1.807, 2.05) is 84.1 Å². The summed E-state index contributed by atoms with van der Waals surface area (Å²) in [6.07, 6.45) is 0. The van der Waals surface area contributed by atoms with Crippen molar-refractivity contribution in [3.8, 4) is 39.9 Å². The topological polar surface area (TPSA) is 56.7 Å². The average molecular weight is 671 g/mol. The number of hydrogen-bond donors (Lipinski definition) is 0. The predicted molar refractivity (Wildman–Crippen MR) is 211 cm³/mol. The minimum absolute atomic E-state index is 0.597. The second kappa shape index (κ2) is 10.9. The van der Waals surface area contributed by atoms with Crippen molar-refractivity contribution >= 4 is 75.3 Å². The van der Waals surface area contributed by atoms with Gasteiger partial charge in [0, 0.05) is 53.7 Å². The fraction of sp³-hybridized carbons (Fsp3) is 0. The molecule has 6 heteroatoms. The average Bonchev–Trinajstić information content (AvgIpc) is 3.88. The molecular weight excluding hydrogens is 645 g/mol. The summed E-state index contributed by atoms with van der Waals surface area (Å²) >= 11 is 1.85. The van der Waals surface area contributed by atoms with E-state index >= 15 is 0 Å². The van der Waals surface area contributed by atoms with E-state index in [1.54, 1.807) is 0 Å². The standard InChI is InChI=1S/C45H26N4OS/c1-3-13-27(14-4-1)43-46-44(28-15-5-2-6-16-28)48-45(47-43)34-25-26-36(41-39(34)33-19-8-11-21-37(33)50-41)49-35-20-10-7-17-29(35)31-23-24-32-30-18-9-12-22-38(30)51-42(32)40(31)49/h1-26H. The number of fused-ring (bicyclic) bond motifs is 10. The van der Waals surface area contributed by atoms with Crippen LogP contribution in [0.5, 0.6) is 0 Å². The maximum atomic E-state index is 6.88. The van der Waals surface area contributed by atoms with Gasteiger partial charge in [0.2, 0.25) is 0 Å². The summed E-state index contributed by atoms with van der Waals surface area (Å²) < 4.78 is 11.8. The first-order valence-corrected chi connectivity index (χ1v) is 17.8. The Kier molecular flexibility index (Phi) is 6.05. The van der Waals surface area contributed by atoms with Crippen molar-refractivity contribution in [1.29, 1.82) is 0 Å². The Hall–Kier alpha value is -6.63. The maximum Gasteiger partial charge on any atom is 0.164 e. The molecule has 4 heterocycles. The van der Waals surface area contributed by atoms with Crippen molar-refractivity contribution in [3.05, 3.63) is 158 Å². The molecule has 0 radical (unpaired) electrons. The lowest BCUT2D eigenvalue weighted by Crippen LogP contribution is -2.01. The SMILES string of the molecule is c1ccc(-c2nc(-c3ccccc3)nc(-c3ccc(-n4c5ccccc5c5ccc6c7ccccc7sc6c54)c4oc5ccccc5c34)n2)cc1. The van der Waals surface area contributed by atoms with Crippen LogP contribution in [-0.2, 0) is 0 Å². The van der Waals surface area contributed by atoms with Crippen LogP contribution in [0.25, 0.3) is 104 Å². The van der Waals surface area contributed by atoms with E-state index in [1.165, 1.54) is 36.5 Å². The lowest BCUT2D eigenvalue weighted by molar-refractivity contribution is 0.666. The molecule has 0 amide bonds. The Morgan fingerprint density at radius 2 is 1.08 bits per heavy atom. The molecule has 0 aliphatic carbocycles. The summed E-state index contributed by atoms with van der Waals surface area (Å²) in [5, 5.41) is 6.95. The van der Waals surface area contributed by atoms with Gasteiger partial charge in [0.1, 0.15) is 5.58 Å². The van der Waals surface area contributed by atoms with E-state index in [9.17, 15) is 0 Å². The van der Waals surface area contributed by atoms with Crippen LogP contribution in [0, 0.1) is 0 Å². The number of nitrogens with zero attached hydrogens (tertiary/aromatic N) is 4. The van der Waals surface area contributed by atoms with Crippen LogP contribution < -0.4 is 0 Å². The summed E-state index contributed by atoms with van der Waals surface area (Å²) in [6.45, 7) is 0. The summed E-state index contributed by atoms with van der Waals surface area (Å²) in [5.74, 6) is 1.85. The number of thiophene rings is 1. The molecule has 0 bridgehead atoms. The first-order valence-electron chi connectivity index (χ1n) is 17.0. The van der Waals surface area contributed by atoms with E-state index < -0.39 is 0 Å². The quantitative estimate of drug-likeness (QED) is 0.187. The van der Waals surface area contributed by atoms with Crippen LogP contribution in [0.15, 0.2) is 162 Å². The molecule has 7 aromatic carbocycles. The van der Waals surface area contributed by atoms with Gasteiger partial charge in [-0.25, -0.2) is 15.0 Å². The van der Waals surface area contributed by atoms with E-state index in [4.69, 9.17) is 19.4 Å². The Balaban J connectivity index is 1.25. The van der Waals surface area contributed by atoms with Crippen LogP contribution in [-0.4, -0.2) is 19.5 Å². The lowest BCUT2D eigenvalue weighted by Gasteiger charge is -2.13. The van der Waals surface area contributed by atoms with E-state index in [-0.39, 0.29) is 0 Å². The summed E-state index contributed by atoms with van der Waals surface area (Å²) in [6, 6.07) is 54.7. The van der Waals surface area contributed by atoms with Gasteiger partial charge in [0.25, 0.3) is 0 Å². The van der Waals surface area contributed by atoms with Gasteiger partial charge in [-0.15, -0.1) is 11.3 Å². The zero-order valence-corrected chi connectivity index (χ0v) is 27.9. The molecule has 0 spiro atoms. The molecule has 0 saturated heterocycles. The monoisotopic (exact) mass is 670 g/mol. The highest BCUT2D eigenvalue weighted by Crippen LogP contribution is 2.46. The van der Waals surface area contributed by atoms with Crippen molar-refractivity contribution < 1.29 is 4.42 Å². The van der Waals surface area contributed by atoms with Crippen LogP contribution in [0.3, 0.4) is 0 Å². The third-order valence-corrected chi connectivity index (χ3v) is 11.1. The highest BCUT2D eigenvalue weighted by Gasteiger charge is 2.24. The van der Waals surface area contributed by atoms with Crippen molar-refractivity contribution in [2.75, 3.05) is 0 Å². The molecule has 0 unspecified atom stereocenters. The van der Waals surface area contributed by atoms with Gasteiger partial charge in [-0.05, 0) is 30.3 Å². The summed E-state index contributed by atoms with van der Waals surface area (Å²) in [5.41, 5.74) is 7.64. The van der Waals surface area contributed by atoms with Crippen LogP contribution in [0.1, 0.15) is 0 Å². The molecule has 11 rings (SSSR count). The Morgan fingerprint density at radius 3 is 1.84 bits per heavy atom. The van der Waals surface area contributed by atoms with E-state index in [2.05, 4.69) is 89.5 Å². The molecule has 11 aromatic rings. The third-order valence-electron chi connectivity index (χ3n) is 9.87. The highest BCUT2D eigenvalue weighted by atomic mass is 32.1. The molecule has 0 aliphatic rings. The van der Waals surface area contributed by atoms with Crippen molar-refractivity contribution in [1.82, 2.24) is 19.5 Å². The Morgan fingerprint density at radius 1 is 0.471 bits per heavy atom. The molecule has 0 N–H and O–H groups in total. The van der Waals surface area contributed by atoms with Gasteiger partial charge in [-0.3, -0.25) is 0 Å². The normalized spacial score (nSPS) is 11.9. The lowest BCUT2D eigenvalue weighted by atomic mass is 10.0. The van der Waals surface area contributed by atoms with Crippen LogP contribution in [0.2, 0.25) is 0 Å². The third kappa shape index (κ3) is 4.24. The van der Waals surface area contributed by atoms with Crippen LogP contribution >= 0.6 is 11.3 Å². The Bertz CT molecular complexity index is 3080. The van der Waals surface area contributed by atoms with Crippen molar-refractivity contribution in [2.45, 2.75) is 0 Å². The van der Waals surface area contributed by atoms with Crippen LogP contribution in [0.4, 0.5) is 0 Å². The molecular formula is C45H26N4OS. The van der Waals surface area contributed by atoms with Gasteiger partial charge in [-0.2, -0.15) is 0 Å². The zero-order valence-electron chi connectivity index (χ0n) is 27.1. The molecule has 51 heavy (non-hydrogen) atoms. The van der Waals surface area contributed by atoms with Crippen molar-refractivity contribution in [3.63, 3.8) is 0 Å². The number of furan rings is 1. The van der Waals surface area contributed by atoms with Gasteiger partial charge in [-0.1, -0.05) is 127 Å². The minimum Gasteiger partial charge on any atom is -0.454 e. The molecule has 5 nitrogen and oxygen atoms in total. The predicted octanol–water partition coefficient (Wildman–Crippen LogP) is 12.2. The molecule has 0 atom stereocenters. The van der Waals surface area contributed by atoms with Gasteiger partial charge >= 0.3 is 0 Å². The first kappa shape index (κ1) is 28.2. The zero-order chi connectivity index (χ0) is 33.5. The fourth-order valence-electron chi connectivity index (χ4n) is 7.59. The molecule has 0 aliphatic heterocycles. The second-order valence-corrected chi connectivity index (χ2v) is 13.8. The minimum atomic E-state index is 0.597. The Labute approximate surface area is 295 Å². The number of hydrogen-bond acceptors (Lipinski definition) is 5.